The minimum atomic E-state index is -4.84. The molecule has 0 saturated carbocycles. The third kappa shape index (κ3) is 2.11. The molecule has 1 aromatic rings. The normalized spacial score (nSPS) is 10.9. The van der Waals surface area contributed by atoms with Crippen molar-refractivity contribution in [1.29, 1.82) is 5.26 Å². The van der Waals surface area contributed by atoms with Crippen molar-refractivity contribution in [3.63, 3.8) is 0 Å². The van der Waals surface area contributed by atoms with Gasteiger partial charge in [0, 0.05) is 0 Å². The van der Waals surface area contributed by atoms with E-state index in [0.717, 1.165) is 0 Å². The molecule has 0 aliphatic heterocycles. The van der Waals surface area contributed by atoms with E-state index >= 15 is 0 Å². The largest absolute Gasteiger partial charge is 0.417 e. The van der Waals surface area contributed by atoms with Crippen molar-refractivity contribution in [2.75, 3.05) is 0 Å². The fourth-order valence-corrected chi connectivity index (χ4v) is 1.09. The molecule has 7 heteroatoms. The Bertz CT molecular complexity index is 488. The van der Waals surface area contributed by atoms with Gasteiger partial charge in [-0.2, -0.15) is 18.4 Å². The number of benzene rings is 1. The van der Waals surface area contributed by atoms with E-state index in [-0.39, 0.29) is 6.07 Å². The molecular formula is C9H4F4N2O. The molecule has 16 heavy (non-hydrogen) atoms. The highest BCUT2D eigenvalue weighted by atomic mass is 19.4. The number of rotatable bonds is 1. The molecule has 0 heterocycles. The maximum atomic E-state index is 13.0. The second-order valence-electron chi connectivity index (χ2n) is 2.85. The molecule has 1 rings (SSSR count). The van der Waals surface area contributed by atoms with Gasteiger partial charge in [-0.1, -0.05) is 0 Å². The van der Waals surface area contributed by atoms with Crippen molar-refractivity contribution in [2.45, 2.75) is 6.18 Å². The summed E-state index contributed by atoms with van der Waals surface area (Å²) in [6.45, 7) is 0. The average Bonchev–Trinajstić information content (AvgIpc) is 2.14. The van der Waals surface area contributed by atoms with Gasteiger partial charge < -0.3 is 5.73 Å². The molecule has 0 unspecified atom stereocenters. The molecule has 0 spiro atoms. The van der Waals surface area contributed by atoms with Crippen molar-refractivity contribution < 1.29 is 22.4 Å². The van der Waals surface area contributed by atoms with Crippen LogP contribution in [0.25, 0.3) is 0 Å². The monoisotopic (exact) mass is 232 g/mol. The third-order valence-electron chi connectivity index (χ3n) is 1.80. The summed E-state index contributed by atoms with van der Waals surface area (Å²) in [6, 6.07) is 1.77. The molecule has 84 valence electrons. The predicted octanol–water partition coefficient (Wildman–Crippen LogP) is 1.82. The lowest BCUT2D eigenvalue weighted by atomic mass is 10.0. The van der Waals surface area contributed by atoms with Crippen molar-refractivity contribution in [3.8, 4) is 6.07 Å². The third-order valence-corrected chi connectivity index (χ3v) is 1.80. The van der Waals surface area contributed by atoms with Crippen LogP contribution in [0, 0.1) is 17.1 Å². The number of hydrogen-bond acceptors (Lipinski definition) is 2. The molecule has 0 radical (unpaired) electrons. The summed E-state index contributed by atoms with van der Waals surface area (Å²) in [5, 5.41) is 8.40. The topological polar surface area (TPSA) is 66.9 Å². The molecule has 0 saturated heterocycles. The second-order valence-corrected chi connectivity index (χ2v) is 2.85. The minimum Gasteiger partial charge on any atom is -0.366 e. The van der Waals surface area contributed by atoms with Gasteiger partial charge in [-0.05, 0) is 12.1 Å². The summed E-state index contributed by atoms with van der Waals surface area (Å²) in [6.07, 6.45) is -4.84. The number of alkyl halides is 3. The Balaban J connectivity index is 3.55. The predicted molar refractivity (Wildman–Crippen MR) is 44.6 cm³/mol. The van der Waals surface area contributed by atoms with Crippen LogP contribution in [0.1, 0.15) is 21.5 Å². The molecule has 0 fully saturated rings. The van der Waals surface area contributed by atoms with Crippen LogP contribution < -0.4 is 5.73 Å². The fraction of sp³-hybridized carbons (Fsp3) is 0.111. The molecule has 1 amide bonds. The summed E-state index contributed by atoms with van der Waals surface area (Å²) >= 11 is 0. The zero-order valence-corrected chi connectivity index (χ0v) is 7.60. The highest BCUT2D eigenvalue weighted by Crippen LogP contribution is 2.33. The minimum absolute atomic E-state index is 0.232. The molecule has 0 aliphatic rings. The highest BCUT2D eigenvalue weighted by Gasteiger charge is 2.35. The molecule has 0 aromatic heterocycles. The van der Waals surface area contributed by atoms with Gasteiger partial charge in [-0.15, -0.1) is 0 Å². The fourth-order valence-electron chi connectivity index (χ4n) is 1.09. The first-order valence-electron chi connectivity index (χ1n) is 3.88. The van der Waals surface area contributed by atoms with E-state index in [1.165, 1.54) is 6.07 Å². The van der Waals surface area contributed by atoms with Gasteiger partial charge in [0.05, 0.1) is 22.8 Å². The summed E-state index contributed by atoms with van der Waals surface area (Å²) in [7, 11) is 0. The number of nitrogens with zero attached hydrogens (tertiary/aromatic N) is 1. The smallest absolute Gasteiger partial charge is 0.366 e. The van der Waals surface area contributed by atoms with Crippen molar-refractivity contribution in [3.05, 3.63) is 34.6 Å². The zero-order chi connectivity index (χ0) is 12.5. The summed E-state index contributed by atoms with van der Waals surface area (Å²) in [5.41, 5.74) is 1.51. The number of amides is 1. The van der Waals surface area contributed by atoms with E-state index in [0.29, 0.717) is 6.07 Å². The maximum absolute atomic E-state index is 13.0. The van der Waals surface area contributed by atoms with Gasteiger partial charge in [-0.25, -0.2) is 4.39 Å². The van der Waals surface area contributed by atoms with Crippen LogP contribution in [0.5, 0.6) is 0 Å². The van der Waals surface area contributed by atoms with Gasteiger partial charge in [0.25, 0.3) is 5.91 Å². The number of nitriles is 1. The van der Waals surface area contributed by atoms with Crippen LogP contribution in [0.4, 0.5) is 17.6 Å². The first-order chi connectivity index (χ1) is 7.27. The zero-order valence-electron chi connectivity index (χ0n) is 7.60. The van der Waals surface area contributed by atoms with Crippen LogP contribution >= 0.6 is 0 Å². The first-order valence-corrected chi connectivity index (χ1v) is 3.88. The van der Waals surface area contributed by atoms with Crippen LogP contribution in [0.15, 0.2) is 12.1 Å². The molecular weight excluding hydrogens is 228 g/mol. The molecule has 1 aromatic carbocycles. The standard InChI is InChI=1S/C9H4F4N2O/c10-7-1-4(3-14)6(9(11,12)13)2-5(7)8(15)16/h1-2H,(H2,15,16). The number of nitrogens with two attached hydrogens (primary N) is 1. The Hall–Kier alpha value is -2.10. The average molecular weight is 232 g/mol. The van der Waals surface area contributed by atoms with Crippen molar-refractivity contribution >= 4 is 5.91 Å². The second kappa shape index (κ2) is 3.81. The summed E-state index contributed by atoms with van der Waals surface area (Å²) in [5.74, 6) is -2.58. The van der Waals surface area contributed by atoms with Gasteiger partial charge in [0.15, 0.2) is 0 Å². The first kappa shape index (κ1) is 12.0. The molecule has 3 nitrogen and oxygen atoms in total. The Labute approximate surface area is 87.1 Å². The lowest BCUT2D eigenvalue weighted by Gasteiger charge is -2.10. The lowest BCUT2D eigenvalue weighted by Crippen LogP contribution is -2.17. The number of carbonyl (C=O) groups is 1. The highest BCUT2D eigenvalue weighted by molar-refractivity contribution is 5.93. The van der Waals surface area contributed by atoms with Crippen LogP contribution in [0.2, 0.25) is 0 Å². The van der Waals surface area contributed by atoms with E-state index in [2.05, 4.69) is 5.73 Å². The van der Waals surface area contributed by atoms with Gasteiger partial charge in [0.2, 0.25) is 0 Å². The van der Waals surface area contributed by atoms with Crippen molar-refractivity contribution in [2.24, 2.45) is 5.73 Å². The SMILES string of the molecule is N#Cc1cc(F)c(C(N)=O)cc1C(F)(F)F. The summed E-state index contributed by atoms with van der Waals surface area (Å²) < 4.78 is 50.2. The summed E-state index contributed by atoms with van der Waals surface area (Å²) in [4.78, 5) is 10.6. The molecule has 0 atom stereocenters. The van der Waals surface area contributed by atoms with E-state index in [4.69, 9.17) is 5.26 Å². The lowest BCUT2D eigenvalue weighted by molar-refractivity contribution is -0.137. The van der Waals surface area contributed by atoms with Crippen LogP contribution in [-0.2, 0) is 6.18 Å². The van der Waals surface area contributed by atoms with E-state index in [9.17, 15) is 22.4 Å². The molecule has 0 bridgehead atoms. The van der Waals surface area contributed by atoms with E-state index in [1.54, 1.807) is 0 Å². The van der Waals surface area contributed by atoms with E-state index < -0.39 is 34.6 Å². The number of halogens is 4. The number of hydrogen-bond donors (Lipinski definition) is 1. The Morgan fingerprint density at radius 3 is 2.31 bits per heavy atom. The van der Waals surface area contributed by atoms with Gasteiger partial charge >= 0.3 is 6.18 Å². The quantitative estimate of drug-likeness (QED) is 0.750. The number of primary amides is 1. The van der Waals surface area contributed by atoms with Crippen LogP contribution in [0.3, 0.4) is 0 Å². The number of carbonyl (C=O) groups excluding carboxylic acids is 1. The maximum Gasteiger partial charge on any atom is 0.417 e. The van der Waals surface area contributed by atoms with E-state index in [1.807, 2.05) is 0 Å². The molecule has 0 aliphatic carbocycles. The van der Waals surface area contributed by atoms with Crippen LogP contribution in [-0.4, -0.2) is 5.91 Å². The van der Waals surface area contributed by atoms with Crippen molar-refractivity contribution in [1.82, 2.24) is 0 Å². The Kier molecular flexibility index (Phi) is 2.85. The Morgan fingerprint density at radius 1 is 1.38 bits per heavy atom. The van der Waals surface area contributed by atoms with Gasteiger partial charge in [0.1, 0.15) is 5.82 Å². The van der Waals surface area contributed by atoms with Gasteiger partial charge in [-0.3, -0.25) is 4.79 Å². The Morgan fingerprint density at radius 2 is 1.94 bits per heavy atom. The molecule has 2 N–H and O–H groups in total.